The Balaban J connectivity index is 0.00000408. The van der Waals surface area contributed by atoms with Crippen LogP contribution in [0.25, 0.3) is 10.9 Å². The van der Waals surface area contributed by atoms with Crippen LogP contribution in [0.4, 0.5) is 4.79 Å². The molecule has 1 heterocycles. The van der Waals surface area contributed by atoms with E-state index in [1.54, 1.807) is 4.57 Å². The van der Waals surface area contributed by atoms with Crippen LogP contribution in [0, 0.1) is 0 Å². The molecule has 0 bridgehead atoms. The zero-order chi connectivity index (χ0) is 24.2. The minimum Gasteiger partial charge on any atom is -1.00 e. The maximum Gasteiger partial charge on any atom is 0.419 e. The van der Waals surface area contributed by atoms with Crippen LogP contribution in [0.2, 0.25) is 0 Å². The molecule has 0 unspecified atom stereocenters. The lowest BCUT2D eigenvalue weighted by Crippen LogP contribution is -3.00. The van der Waals surface area contributed by atoms with Gasteiger partial charge in [-0.15, -0.1) is 0 Å². The van der Waals surface area contributed by atoms with Crippen molar-refractivity contribution in [3.05, 3.63) is 71.9 Å². The molecule has 34 heavy (non-hydrogen) atoms. The van der Waals surface area contributed by atoms with Gasteiger partial charge in [0.2, 0.25) is 0 Å². The number of hydrogen-bond acceptors (Lipinski definition) is 3. The summed E-state index contributed by atoms with van der Waals surface area (Å²) in [5.74, 6) is 0.701. The monoisotopic (exact) mass is 546 g/mol. The fourth-order valence-electron chi connectivity index (χ4n) is 3.93. The van der Waals surface area contributed by atoms with Gasteiger partial charge >= 0.3 is 6.09 Å². The number of amides is 1. The minimum atomic E-state index is -0.575. The summed E-state index contributed by atoms with van der Waals surface area (Å²) in [5.41, 5.74) is 2.39. The SMILES string of the molecule is C[C@@H](c1ccccc1)N(CCc1cn(C(=O)OC(C)(C)C)c2ccccc12)C(=O)C[S+](C)C.[Br-]. The van der Waals surface area contributed by atoms with Crippen molar-refractivity contribution < 1.29 is 31.3 Å². The number of hydrogen-bond donors (Lipinski definition) is 0. The van der Waals surface area contributed by atoms with Crippen LogP contribution in [-0.4, -0.2) is 51.9 Å². The van der Waals surface area contributed by atoms with Gasteiger partial charge in [0.15, 0.2) is 5.75 Å². The van der Waals surface area contributed by atoms with E-state index in [1.165, 1.54) is 0 Å². The molecule has 3 rings (SSSR count). The van der Waals surface area contributed by atoms with Crippen molar-refractivity contribution in [2.75, 3.05) is 24.8 Å². The Hall–Kier alpha value is -2.25. The molecule has 7 heteroatoms. The smallest absolute Gasteiger partial charge is 0.419 e. The summed E-state index contributed by atoms with van der Waals surface area (Å²) in [6.07, 6.45) is 6.31. The molecule has 0 saturated heterocycles. The number of para-hydroxylation sites is 1. The minimum absolute atomic E-state index is 0. The molecule has 184 valence electrons. The van der Waals surface area contributed by atoms with Crippen molar-refractivity contribution in [3.8, 4) is 0 Å². The fraction of sp³-hybridized carbons (Fsp3) is 0.407. The highest BCUT2D eigenvalue weighted by Gasteiger charge is 2.26. The second kappa shape index (κ2) is 11.9. The van der Waals surface area contributed by atoms with Crippen molar-refractivity contribution in [3.63, 3.8) is 0 Å². The van der Waals surface area contributed by atoms with Crippen LogP contribution in [0.5, 0.6) is 0 Å². The topological polar surface area (TPSA) is 51.5 Å². The summed E-state index contributed by atoms with van der Waals surface area (Å²) in [7, 11) is 0.0220. The predicted molar refractivity (Wildman–Crippen MR) is 138 cm³/mol. The van der Waals surface area contributed by atoms with E-state index in [0.29, 0.717) is 18.7 Å². The van der Waals surface area contributed by atoms with Gasteiger partial charge in [-0.1, -0.05) is 48.5 Å². The summed E-state index contributed by atoms with van der Waals surface area (Å²) in [5, 5.41) is 1.01. The molecule has 0 radical (unpaired) electrons. The molecule has 2 aromatic carbocycles. The Morgan fingerprint density at radius 1 is 1.03 bits per heavy atom. The summed E-state index contributed by atoms with van der Waals surface area (Å²) in [6, 6.07) is 18.0. The van der Waals surface area contributed by atoms with Gasteiger partial charge in [-0.2, -0.15) is 0 Å². The first kappa shape index (κ1) is 28.0. The number of nitrogens with zero attached hydrogens (tertiary/aromatic N) is 2. The molecule has 3 aromatic rings. The Bertz CT molecular complexity index is 1110. The number of halogens is 1. The van der Waals surface area contributed by atoms with Crippen molar-refractivity contribution in [2.45, 2.75) is 45.8 Å². The third-order valence-electron chi connectivity index (χ3n) is 5.49. The van der Waals surface area contributed by atoms with E-state index in [9.17, 15) is 9.59 Å². The molecule has 1 atom stereocenters. The summed E-state index contributed by atoms with van der Waals surface area (Å²) < 4.78 is 7.19. The van der Waals surface area contributed by atoms with Crippen molar-refractivity contribution in [2.24, 2.45) is 0 Å². The molecule has 0 N–H and O–H groups in total. The summed E-state index contributed by atoms with van der Waals surface area (Å²) >= 11 is 0. The van der Waals surface area contributed by atoms with Gasteiger partial charge in [-0.25, -0.2) is 4.79 Å². The van der Waals surface area contributed by atoms with Gasteiger partial charge in [-0.3, -0.25) is 9.36 Å². The lowest BCUT2D eigenvalue weighted by Gasteiger charge is -2.29. The Morgan fingerprint density at radius 2 is 1.65 bits per heavy atom. The molecule has 0 spiro atoms. The van der Waals surface area contributed by atoms with E-state index >= 15 is 0 Å². The third-order valence-corrected chi connectivity index (χ3v) is 6.31. The van der Waals surface area contributed by atoms with Crippen molar-refractivity contribution in [1.29, 1.82) is 0 Å². The summed E-state index contributed by atoms with van der Waals surface area (Å²) in [6.45, 7) is 8.25. The first-order valence-corrected chi connectivity index (χ1v) is 13.5. The van der Waals surface area contributed by atoms with Crippen molar-refractivity contribution in [1.82, 2.24) is 9.47 Å². The number of ether oxygens (including phenoxy) is 1. The molecule has 0 aliphatic rings. The van der Waals surface area contributed by atoms with E-state index in [1.807, 2.05) is 74.3 Å². The summed E-state index contributed by atoms with van der Waals surface area (Å²) in [4.78, 5) is 28.0. The highest BCUT2D eigenvalue weighted by Crippen LogP contribution is 2.26. The molecular weight excluding hydrogens is 512 g/mol. The maximum absolute atomic E-state index is 13.2. The molecular formula is C27H35BrN2O3S. The predicted octanol–water partition coefficient (Wildman–Crippen LogP) is 2.44. The zero-order valence-electron chi connectivity index (χ0n) is 20.9. The second-order valence-electron chi connectivity index (χ2n) is 9.58. The van der Waals surface area contributed by atoms with Gasteiger partial charge in [-0.05, 0) is 62.2 Å². The molecule has 1 amide bonds. The molecule has 1 aromatic heterocycles. The highest BCUT2D eigenvalue weighted by atomic mass is 79.9. The van der Waals surface area contributed by atoms with Gasteiger partial charge in [0.05, 0.1) is 24.1 Å². The van der Waals surface area contributed by atoms with E-state index < -0.39 is 11.7 Å². The van der Waals surface area contributed by atoms with E-state index in [2.05, 4.69) is 31.6 Å². The fourth-order valence-corrected chi connectivity index (χ4v) is 4.59. The first-order chi connectivity index (χ1) is 15.6. The molecule has 0 fully saturated rings. The normalized spacial score (nSPS) is 12.3. The number of aromatic nitrogens is 1. The number of benzene rings is 2. The van der Waals surface area contributed by atoms with Gasteiger partial charge in [0, 0.05) is 18.1 Å². The average molecular weight is 548 g/mol. The van der Waals surface area contributed by atoms with Crippen molar-refractivity contribution >= 4 is 33.8 Å². The molecule has 0 aliphatic heterocycles. The third kappa shape index (κ3) is 7.12. The Morgan fingerprint density at radius 3 is 2.26 bits per heavy atom. The van der Waals surface area contributed by atoms with Crippen LogP contribution in [0.15, 0.2) is 60.8 Å². The number of fused-ring (bicyclic) bond motifs is 1. The van der Waals surface area contributed by atoms with Crippen LogP contribution in [-0.2, 0) is 26.8 Å². The lowest BCUT2D eigenvalue weighted by atomic mass is 10.1. The molecule has 0 aliphatic carbocycles. The van der Waals surface area contributed by atoms with Gasteiger partial charge in [0.25, 0.3) is 5.91 Å². The zero-order valence-corrected chi connectivity index (χ0v) is 23.3. The second-order valence-corrected chi connectivity index (χ2v) is 11.8. The molecule has 5 nitrogen and oxygen atoms in total. The van der Waals surface area contributed by atoms with Crippen LogP contribution in [0.3, 0.4) is 0 Å². The Labute approximate surface area is 216 Å². The van der Waals surface area contributed by atoms with Crippen LogP contribution < -0.4 is 17.0 Å². The standard InChI is InChI=1S/C27H35N2O3S.BrH/c1-20(21-12-8-7-9-13-21)28(25(30)19-33(5)6)17-16-22-18-29(26(31)32-27(2,3)4)24-15-11-10-14-23(22)24;/h7-15,18,20H,16-17,19H2,1-6H3;1H/q+1;/p-1/t20-;/m0./s1. The van der Waals surface area contributed by atoms with Crippen LogP contribution >= 0.6 is 0 Å². The first-order valence-electron chi connectivity index (χ1n) is 11.3. The quantitative estimate of drug-likeness (QED) is 0.427. The Kier molecular flexibility index (Phi) is 9.83. The lowest BCUT2D eigenvalue weighted by molar-refractivity contribution is -0.130. The number of carbonyl (C=O) groups is 2. The van der Waals surface area contributed by atoms with Gasteiger partial charge in [0.1, 0.15) is 5.60 Å². The largest absolute Gasteiger partial charge is 1.00 e. The highest BCUT2D eigenvalue weighted by molar-refractivity contribution is 7.96. The van der Waals surface area contributed by atoms with E-state index in [0.717, 1.165) is 22.0 Å². The average Bonchev–Trinajstić information content (AvgIpc) is 3.12. The molecule has 0 saturated carbocycles. The number of carbonyl (C=O) groups excluding carboxylic acids is 2. The number of rotatable bonds is 7. The van der Waals surface area contributed by atoms with Crippen LogP contribution in [0.1, 0.15) is 44.9 Å². The van der Waals surface area contributed by atoms with E-state index in [-0.39, 0.29) is 39.8 Å². The van der Waals surface area contributed by atoms with Gasteiger partial charge < -0.3 is 26.6 Å². The van der Waals surface area contributed by atoms with E-state index in [4.69, 9.17) is 4.74 Å². The maximum atomic E-state index is 13.2.